The molecule has 11 heteroatoms. The largest absolute Gasteiger partial charge is 0.493 e. The Kier molecular flexibility index (Phi) is 9.64. The number of ether oxygens (including phenoxy) is 3. The van der Waals surface area contributed by atoms with E-state index in [1.54, 1.807) is 12.0 Å². The van der Waals surface area contributed by atoms with Gasteiger partial charge >= 0.3 is 0 Å². The number of fused-ring (bicyclic) bond motifs is 5. The predicted molar refractivity (Wildman–Crippen MR) is 161 cm³/mol. The van der Waals surface area contributed by atoms with Crippen LogP contribution < -0.4 is 19.5 Å². The van der Waals surface area contributed by atoms with Crippen LogP contribution in [-0.2, 0) is 32.6 Å². The molecule has 2 atom stereocenters. The molecule has 0 unspecified atom stereocenters. The average Bonchev–Trinajstić information content (AvgIpc) is 3.02. The first-order valence-corrected chi connectivity index (χ1v) is 16.0. The Morgan fingerprint density at radius 3 is 2.65 bits per heavy atom. The van der Waals surface area contributed by atoms with Gasteiger partial charge in [0.1, 0.15) is 5.75 Å². The van der Waals surface area contributed by atoms with E-state index >= 15 is 0 Å². The normalized spacial score (nSPS) is 19.2. The minimum absolute atomic E-state index is 0.108. The lowest BCUT2D eigenvalue weighted by atomic mass is 10.00. The number of rotatable bonds is 6. The zero-order valence-corrected chi connectivity index (χ0v) is 25.2. The molecule has 1 saturated heterocycles. The van der Waals surface area contributed by atoms with Gasteiger partial charge in [0, 0.05) is 31.6 Å². The third-order valence-corrected chi connectivity index (χ3v) is 9.07. The fourth-order valence-electron chi connectivity index (χ4n) is 5.25. The molecular weight excluding hydrogens is 570 g/mol. The van der Waals surface area contributed by atoms with Crippen LogP contribution in [0.5, 0.6) is 17.2 Å². The summed E-state index contributed by atoms with van der Waals surface area (Å²) in [5.41, 5.74) is 2.22. The summed E-state index contributed by atoms with van der Waals surface area (Å²) in [5.74, 6) is 1.44. The Balaban J connectivity index is 1.33. The fraction of sp³-hybridized carbons (Fsp3) is 0.375. The molecule has 5 rings (SSSR count). The molecule has 228 valence electrons. The van der Waals surface area contributed by atoms with Crippen molar-refractivity contribution in [2.75, 3.05) is 26.7 Å². The average molecular weight is 608 g/mol. The summed E-state index contributed by atoms with van der Waals surface area (Å²) in [5, 5.41) is 3.11. The lowest BCUT2D eigenvalue weighted by Gasteiger charge is -2.39. The predicted octanol–water partition coefficient (Wildman–Crippen LogP) is 4.04. The summed E-state index contributed by atoms with van der Waals surface area (Å²) in [6.07, 6.45) is 1.64. The van der Waals surface area contributed by atoms with Crippen LogP contribution in [-0.4, -0.2) is 64.0 Å². The quantitative estimate of drug-likeness (QED) is 0.434. The summed E-state index contributed by atoms with van der Waals surface area (Å²) < 4.78 is 45.4. The van der Waals surface area contributed by atoms with Crippen molar-refractivity contribution in [1.29, 1.82) is 0 Å². The topological polar surface area (TPSA) is 123 Å². The van der Waals surface area contributed by atoms with Gasteiger partial charge in [0.05, 0.1) is 30.8 Å². The van der Waals surface area contributed by atoms with Crippen LogP contribution in [0.2, 0.25) is 0 Å². The van der Waals surface area contributed by atoms with Crippen LogP contribution in [0.15, 0.2) is 71.6 Å². The highest BCUT2D eigenvalue weighted by Gasteiger charge is 2.34. The van der Waals surface area contributed by atoms with Crippen LogP contribution >= 0.6 is 0 Å². The van der Waals surface area contributed by atoms with Crippen molar-refractivity contribution >= 4 is 21.8 Å². The van der Waals surface area contributed by atoms with Gasteiger partial charge in [0.15, 0.2) is 11.5 Å². The van der Waals surface area contributed by atoms with Crippen molar-refractivity contribution in [2.45, 2.75) is 56.3 Å². The highest BCUT2D eigenvalue weighted by molar-refractivity contribution is 7.89. The van der Waals surface area contributed by atoms with Gasteiger partial charge in [-0.05, 0) is 78.9 Å². The number of aryl methyl sites for hydroxylation is 1. The number of carbonyl (C=O) groups excluding carboxylic acids is 2. The van der Waals surface area contributed by atoms with E-state index in [1.165, 1.54) is 24.3 Å². The second kappa shape index (κ2) is 13.6. The number of hydrogen-bond donors (Lipinski definition) is 2. The van der Waals surface area contributed by atoms with Crippen molar-refractivity contribution in [3.8, 4) is 17.2 Å². The highest BCUT2D eigenvalue weighted by atomic mass is 32.2. The van der Waals surface area contributed by atoms with E-state index in [0.717, 1.165) is 11.1 Å². The minimum atomic E-state index is -3.63. The molecule has 4 bridgehead atoms. The molecule has 0 spiro atoms. The number of hydrogen-bond acceptors (Lipinski definition) is 7. The summed E-state index contributed by atoms with van der Waals surface area (Å²) in [6.45, 7) is 3.23. The van der Waals surface area contributed by atoms with Crippen LogP contribution in [0.25, 0.3) is 0 Å². The Hall–Kier alpha value is -3.93. The Bertz CT molecular complexity index is 1560. The molecule has 10 nitrogen and oxygen atoms in total. The van der Waals surface area contributed by atoms with Gasteiger partial charge in [-0.15, -0.1) is 0 Å². The summed E-state index contributed by atoms with van der Waals surface area (Å²) in [6, 6.07) is 18.8. The molecule has 3 aromatic rings. The monoisotopic (exact) mass is 607 g/mol. The number of amides is 2. The van der Waals surface area contributed by atoms with Gasteiger partial charge in [0.25, 0.3) is 5.91 Å². The van der Waals surface area contributed by atoms with Crippen LogP contribution in [0.4, 0.5) is 0 Å². The zero-order chi connectivity index (χ0) is 30.4. The molecular formula is C32H37N3O7S. The van der Waals surface area contributed by atoms with E-state index in [-0.39, 0.29) is 35.8 Å². The van der Waals surface area contributed by atoms with Crippen molar-refractivity contribution < 1.29 is 32.2 Å². The van der Waals surface area contributed by atoms with E-state index in [1.807, 2.05) is 49.4 Å². The summed E-state index contributed by atoms with van der Waals surface area (Å²) in [7, 11) is -2.04. The van der Waals surface area contributed by atoms with Gasteiger partial charge in [-0.25, -0.2) is 13.1 Å². The molecule has 2 heterocycles. The molecule has 0 saturated carbocycles. The fourth-order valence-corrected chi connectivity index (χ4v) is 6.39. The standard InChI is InChI=1S/C32H37N3O7S/c1-3-16-33-43(38,39)26-11-9-24(10-12-26)32(37)35-17-15-28-27(20-35)34-31(36)14-8-22-7-13-29(40-2)30(19-22)42-25-6-4-5-23(18-25)21-41-28/h4-7,9-13,18-19,27-28,33H,3,8,14-17,20-21H2,1-2H3,(H,34,36)/t27-,28+/m0/s1. The molecule has 0 aromatic heterocycles. The van der Waals surface area contributed by atoms with Gasteiger partial charge in [-0.2, -0.15) is 0 Å². The number of nitrogens with zero attached hydrogens (tertiary/aromatic N) is 1. The molecule has 2 aliphatic rings. The molecule has 2 amide bonds. The lowest BCUT2D eigenvalue weighted by molar-refractivity contribution is -0.124. The maximum Gasteiger partial charge on any atom is 0.253 e. The maximum absolute atomic E-state index is 13.4. The number of nitrogens with one attached hydrogen (secondary N) is 2. The second-order valence-corrected chi connectivity index (χ2v) is 12.5. The molecule has 0 radical (unpaired) electrons. The maximum atomic E-state index is 13.4. The third kappa shape index (κ3) is 7.54. The molecule has 2 aliphatic heterocycles. The third-order valence-electron chi connectivity index (χ3n) is 7.60. The number of methoxy groups -OCH3 is 1. The van der Waals surface area contributed by atoms with Crippen LogP contribution in [0.1, 0.15) is 47.7 Å². The number of sulfonamides is 1. The SMILES string of the molecule is CCCNS(=O)(=O)c1ccc(C(=O)N2CC[C@H]3OCc4cccc(c4)Oc4cc(ccc4OC)CCC(=O)N[C@H]3C2)cc1. The molecule has 1 fully saturated rings. The highest BCUT2D eigenvalue weighted by Crippen LogP contribution is 2.33. The Morgan fingerprint density at radius 2 is 1.88 bits per heavy atom. The molecule has 43 heavy (non-hydrogen) atoms. The van der Waals surface area contributed by atoms with Gasteiger partial charge < -0.3 is 24.4 Å². The van der Waals surface area contributed by atoms with Crippen molar-refractivity contribution in [1.82, 2.24) is 14.9 Å². The van der Waals surface area contributed by atoms with E-state index in [2.05, 4.69) is 10.0 Å². The first kappa shape index (κ1) is 30.5. The number of benzene rings is 3. The number of carbonyl (C=O) groups is 2. The zero-order valence-electron chi connectivity index (χ0n) is 24.4. The van der Waals surface area contributed by atoms with Gasteiger partial charge in [-0.3, -0.25) is 9.59 Å². The minimum Gasteiger partial charge on any atom is -0.493 e. The van der Waals surface area contributed by atoms with Crippen LogP contribution in [0.3, 0.4) is 0 Å². The van der Waals surface area contributed by atoms with Gasteiger partial charge in [0.2, 0.25) is 15.9 Å². The first-order chi connectivity index (χ1) is 20.8. The van der Waals surface area contributed by atoms with Crippen molar-refractivity contribution in [3.05, 3.63) is 83.4 Å². The van der Waals surface area contributed by atoms with E-state index in [4.69, 9.17) is 14.2 Å². The first-order valence-electron chi connectivity index (χ1n) is 14.5. The van der Waals surface area contributed by atoms with E-state index in [0.29, 0.717) is 61.8 Å². The van der Waals surface area contributed by atoms with E-state index in [9.17, 15) is 18.0 Å². The van der Waals surface area contributed by atoms with E-state index < -0.39 is 16.1 Å². The molecule has 2 N–H and O–H groups in total. The Morgan fingerprint density at radius 1 is 1.07 bits per heavy atom. The van der Waals surface area contributed by atoms with Gasteiger partial charge in [-0.1, -0.05) is 25.1 Å². The summed E-state index contributed by atoms with van der Waals surface area (Å²) >= 11 is 0. The second-order valence-electron chi connectivity index (χ2n) is 10.7. The smallest absolute Gasteiger partial charge is 0.253 e. The number of piperidine rings is 1. The number of likely N-dealkylation sites (tertiary alicyclic amines) is 1. The van der Waals surface area contributed by atoms with Crippen molar-refractivity contribution in [3.63, 3.8) is 0 Å². The van der Waals surface area contributed by atoms with Crippen molar-refractivity contribution in [2.24, 2.45) is 0 Å². The molecule has 0 aliphatic carbocycles. The lowest BCUT2D eigenvalue weighted by Crippen LogP contribution is -2.57. The Labute approximate surface area is 252 Å². The van der Waals surface area contributed by atoms with Crippen LogP contribution in [0, 0.1) is 0 Å². The summed E-state index contributed by atoms with van der Waals surface area (Å²) in [4.78, 5) is 28.3. The molecule has 3 aromatic carbocycles.